The topological polar surface area (TPSA) is 29.5 Å². The Morgan fingerprint density at radius 3 is 2.60 bits per heavy atom. The maximum atomic E-state index is 12.2. The third-order valence-corrected chi connectivity index (χ3v) is 1.61. The lowest BCUT2D eigenvalue weighted by atomic mass is 10.4. The van der Waals surface area contributed by atoms with E-state index in [2.05, 4.69) is 4.84 Å². The molecule has 1 aliphatic rings. The number of halogens is 1. The van der Waals surface area contributed by atoms with Crippen LogP contribution in [0.5, 0.6) is 0 Å². The van der Waals surface area contributed by atoms with Crippen molar-refractivity contribution < 1.29 is 14.0 Å². The summed E-state index contributed by atoms with van der Waals surface area (Å²) < 4.78 is 12.2. The molecule has 1 amide bonds. The summed E-state index contributed by atoms with van der Waals surface area (Å²) in [5, 5.41) is 1.06. The Morgan fingerprint density at radius 1 is 1.80 bits per heavy atom. The van der Waals surface area contributed by atoms with E-state index < -0.39 is 12.1 Å². The summed E-state index contributed by atoms with van der Waals surface area (Å²) in [6.45, 7) is 0. The van der Waals surface area contributed by atoms with Crippen LogP contribution in [0.25, 0.3) is 0 Å². The number of carbonyl (C=O) groups is 1. The van der Waals surface area contributed by atoms with Crippen LogP contribution in [-0.2, 0) is 9.63 Å². The maximum absolute atomic E-state index is 12.2. The molecule has 58 valence electrons. The second kappa shape index (κ2) is 2.54. The van der Waals surface area contributed by atoms with Crippen LogP contribution in [0.1, 0.15) is 6.42 Å². The Balaban J connectivity index is 2.35. The Hall–Kier alpha value is -0.640. The molecule has 0 heterocycles. The second-order valence-corrected chi connectivity index (χ2v) is 2.38. The van der Waals surface area contributed by atoms with Crippen molar-refractivity contribution in [3.63, 3.8) is 0 Å². The molecule has 1 aliphatic carbocycles. The number of hydrogen-bond donors (Lipinski definition) is 0. The minimum Gasteiger partial charge on any atom is -0.275 e. The minimum atomic E-state index is -0.940. The van der Waals surface area contributed by atoms with Gasteiger partial charge in [-0.3, -0.25) is 9.63 Å². The Morgan fingerprint density at radius 2 is 2.30 bits per heavy atom. The quantitative estimate of drug-likeness (QED) is 0.528. The predicted molar refractivity (Wildman–Crippen MR) is 32.8 cm³/mol. The molecule has 10 heavy (non-hydrogen) atoms. The highest BCUT2D eigenvalue weighted by Crippen LogP contribution is 2.34. The number of nitrogens with zero attached hydrogens (tertiary/aromatic N) is 1. The normalized spacial score (nSPS) is 29.9. The van der Waals surface area contributed by atoms with Gasteiger partial charge in [-0.15, -0.1) is 0 Å². The monoisotopic (exact) mass is 147 g/mol. The van der Waals surface area contributed by atoms with Crippen molar-refractivity contribution in [3.05, 3.63) is 0 Å². The van der Waals surface area contributed by atoms with E-state index >= 15 is 0 Å². The average Bonchev–Trinajstić information content (AvgIpc) is 2.63. The first-order valence-corrected chi connectivity index (χ1v) is 3.12. The van der Waals surface area contributed by atoms with Gasteiger partial charge in [-0.2, -0.15) is 0 Å². The van der Waals surface area contributed by atoms with Crippen molar-refractivity contribution in [1.82, 2.24) is 5.06 Å². The molecule has 0 saturated heterocycles. The van der Waals surface area contributed by atoms with Crippen LogP contribution in [-0.4, -0.2) is 31.3 Å². The van der Waals surface area contributed by atoms with Crippen LogP contribution in [0.4, 0.5) is 4.39 Å². The summed E-state index contributed by atoms with van der Waals surface area (Å²) in [5.41, 5.74) is 0. The van der Waals surface area contributed by atoms with E-state index in [1.165, 1.54) is 14.2 Å². The van der Waals surface area contributed by atoms with Gasteiger partial charge in [0.2, 0.25) is 0 Å². The molecule has 0 radical (unpaired) electrons. The van der Waals surface area contributed by atoms with E-state index in [9.17, 15) is 9.18 Å². The van der Waals surface area contributed by atoms with Gasteiger partial charge in [0.25, 0.3) is 5.91 Å². The molecule has 0 bridgehead atoms. The van der Waals surface area contributed by atoms with E-state index in [1.54, 1.807) is 0 Å². The lowest BCUT2D eigenvalue weighted by Gasteiger charge is -2.11. The standard InChI is InChI=1S/C6H10FNO2/c1-8(10-2)6(9)4-3-5(4)7/h4-5H,3H2,1-2H3/t4-,5-/m1/s1. The molecule has 0 unspecified atom stereocenters. The zero-order chi connectivity index (χ0) is 7.72. The van der Waals surface area contributed by atoms with Gasteiger partial charge in [0.15, 0.2) is 0 Å². The summed E-state index contributed by atoms with van der Waals surface area (Å²) in [4.78, 5) is 15.5. The molecule has 2 atom stereocenters. The first-order valence-electron chi connectivity index (χ1n) is 3.12. The average molecular weight is 147 g/mol. The first kappa shape index (κ1) is 7.47. The molecule has 3 nitrogen and oxygen atoms in total. The number of alkyl halides is 1. The maximum Gasteiger partial charge on any atom is 0.251 e. The first-order chi connectivity index (χ1) is 4.66. The van der Waals surface area contributed by atoms with E-state index in [4.69, 9.17) is 0 Å². The molecule has 4 heteroatoms. The fourth-order valence-electron chi connectivity index (χ4n) is 0.743. The molecular formula is C6H10FNO2. The second-order valence-electron chi connectivity index (χ2n) is 2.38. The molecule has 0 aliphatic heterocycles. The SMILES string of the molecule is CON(C)C(=O)[C@@H]1C[C@H]1F. The summed E-state index contributed by atoms with van der Waals surface area (Å²) in [7, 11) is 2.86. The molecule has 0 aromatic rings. The molecular weight excluding hydrogens is 137 g/mol. The van der Waals surface area contributed by atoms with E-state index in [-0.39, 0.29) is 5.91 Å². The lowest BCUT2D eigenvalue weighted by Crippen LogP contribution is -2.27. The molecule has 1 fully saturated rings. The zero-order valence-electron chi connectivity index (χ0n) is 6.00. The molecule has 0 N–H and O–H groups in total. The van der Waals surface area contributed by atoms with E-state index in [1.807, 2.05) is 0 Å². The van der Waals surface area contributed by atoms with Gasteiger partial charge in [-0.25, -0.2) is 9.45 Å². The molecule has 0 aromatic carbocycles. The van der Waals surface area contributed by atoms with Gasteiger partial charge >= 0.3 is 0 Å². The smallest absolute Gasteiger partial charge is 0.251 e. The molecule has 1 rings (SSSR count). The third kappa shape index (κ3) is 1.26. The number of hydrogen-bond acceptors (Lipinski definition) is 2. The van der Waals surface area contributed by atoms with Crippen molar-refractivity contribution in [2.24, 2.45) is 5.92 Å². The van der Waals surface area contributed by atoms with Gasteiger partial charge in [0, 0.05) is 7.05 Å². The summed E-state index contributed by atoms with van der Waals surface area (Å²) in [6, 6.07) is 0. The number of amides is 1. The van der Waals surface area contributed by atoms with Crippen LogP contribution in [0.3, 0.4) is 0 Å². The molecule has 1 saturated carbocycles. The van der Waals surface area contributed by atoms with Crippen LogP contribution in [0.2, 0.25) is 0 Å². The van der Waals surface area contributed by atoms with Crippen LogP contribution in [0, 0.1) is 5.92 Å². The minimum absolute atomic E-state index is 0.269. The largest absolute Gasteiger partial charge is 0.275 e. The zero-order valence-corrected chi connectivity index (χ0v) is 6.00. The van der Waals surface area contributed by atoms with Gasteiger partial charge < -0.3 is 0 Å². The van der Waals surface area contributed by atoms with Gasteiger partial charge in [0.1, 0.15) is 6.17 Å². The van der Waals surface area contributed by atoms with Crippen LogP contribution >= 0.6 is 0 Å². The van der Waals surface area contributed by atoms with E-state index in [0.717, 1.165) is 5.06 Å². The predicted octanol–water partition coefficient (Wildman–Crippen LogP) is 0.364. The summed E-state index contributed by atoms with van der Waals surface area (Å²) in [6.07, 6.45) is -0.586. The van der Waals surface area contributed by atoms with Gasteiger partial charge in [-0.05, 0) is 6.42 Å². The Kier molecular flexibility index (Phi) is 1.89. The van der Waals surface area contributed by atoms with Crippen LogP contribution in [0.15, 0.2) is 0 Å². The lowest BCUT2D eigenvalue weighted by molar-refractivity contribution is -0.170. The number of carbonyl (C=O) groups excluding carboxylic acids is 1. The van der Waals surface area contributed by atoms with Crippen LogP contribution < -0.4 is 0 Å². The fourth-order valence-corrected chi connectivity index (χ4v) is 0.743. The number of rotatable bonds is 2. The summed E-state index contributed by atoms with van der Waals surface area (Å²) in [5.74, 6) is -0.708. The highest BCUT2D eigenvalue weighted by Gasteiger charge is 2.45. The number of hydroxylamine groups is 2. The highest BCUT2D eigenvalue weighted by molar-refractivity contribution is 5.80. The van der Waals surface area contributed by atoms with Gasteiger partial charge in [0.05, 0.1) is 13.0 Å². The Labute approximate surface area is 58.7 Å². The highest BCUT2D eigenvalue weighted by atomic mass is 19.1. The molecule has 0 spiro atoms. The third-order valence-electron chi connectivity index (χ3n) is 1.61. The van der Waals surface area contributed by atoms with Crippen molar-refractivity contribution in [2.75, 3.05) is 14.2 Å². The fraction of sp³-hybridized carbons (Fsp3) is 0.833. The van der Waals surface area contributed by atoms with E-state index in [0.29, 0.717) is 6.42 Å². The summed E-state index contributed by atoms with van der Waals surface area (Å²) >= 11 is 0. The Bertz CT molecular complexity index is 145. The van der Waals surface area contributed by atoms with Gasteiger partial charge in [-0.1, -0.05) is 0 Å². The van der Waals surface area contributed by atoms with Crippen molar-refractivity contribution in [2.45, 2.75) is 12.6 Å². The molecule has 0 aromatic heterocycles. The van der Waals surface area contributed by atoms with Crippen molar-refractivity contribution in [1.29, 1.82) is 0 Å². The van der Waals surface area contributed by atoms with Crippen molar-refractivity contribution in [3.8, 4) is 0 Å². The van der Waals surface area contributed by atoms with Crippen molar-refractivity contribution >= 4 is 5.91 Å².